The molecule has 0 saturated heterocycles. The van der Waals surface area contributed by atoms with Gasteiger partial charge < -0.3 is 15.4 Å². The molecular weight excluding hydrogens is 366 g/mol. The molecule has 1 aliphatic heterocycles. The lowest BCUT2D eigenvalue weighted by Gasteiger charge is -2.16. The molecule has 0 atom stereocenters. The number of hydrogen-bond donors (Lipinski definition) is 2. The molecule has 0 unspecified atom stereocenters. The van der Waals surface area contributed by atoms with E-state index in [1.54, 1.807) is 6.07 Å². The van der Waals surface area contributed by atoms with Gasteiger partial charge in [-0.3, -0.25) is 9.59 Å². The van der Waals surface area contributed by atoms with Crippen LogP contribution in [0.15, 0.2) is 41.3 Å². The molecule has 2 aromatic carbocycles. The normalized spacial score (nSPS) is 12.8. The quantitative estimate of drug-likeness (QED) is 0.800. The van der Waals surface area contributed by atoms with Gasteiger partial charge >= 0.3 is 5.97 Å². The van der Waals surface area contributed by atoms with E-state index in [-0.39, 0.29) is 17.2 Å². The van der Waals surface area contributed by atoms with Crippen molar-refractivity contribution in [3.05, 3.63) is 53.6 Å². The SMILES string of the molecule is O=C(COC(=O)c1ccc2c(c1)NC(=O)CS2)Nc1cc(F)cc(F)c1. The molecule has 2 aromatic rings. The van der Waals surface area contributed by atoms with E-state index in [9.17, 15) is 23.2 Å². The van der Waals surface area contributed by atoms with Crippen molar-refractivity contribution in [1.29, 1.82) is 0 Å². The summed E-state index contributed by atoms with van der Waals surface area (Å²) in [6.45, 7) is -0.630. The van der Waals surface area contributed by atoms with E-state index < -0.39 is 30.1 Å². The molecule has 1 heterocycles. The number of amides is 2. The first-order valence-electron chi connectivity index (χ1n) is 7.40. The summed E-state index contributed by atoms with van der Waals surface area (Å²) in [6.07, 6.45) is 0. The van der Waals surface area contributed by atoms with Crippen molar-refractivity contribution in [2.24, 2.45) is 0 Å². The van der Waals surface area contributed by atoms with Crippen molar-refractivity contribution in [3.8, 4) is 0 Å². The van der Waals surface area contributed by atoms with Gasteiger partial charge in [0.1, 0.15) is 11.6 Å². The van der Waals surface area contributed by atoms with Gasteiger partial charge in [0.05, 0.1) is 17.0 Å². The molecule has 6 nitrogen and oxygen atoms in total. The minimum atomic E-state index is -0.841. The highest BCUT2D eigenvalue weighted by atomic mass is 32.2. The van der Waals surface area contributed by atoms with Gasteiger partial charge in [0.15, 0.2) is 6.61 Å². The minimum absolute atomic E-state index is 0.0860. The topological polar surface area (TPSA) is 84.5 Å². The number of halogens is 2. The van der Waals surface area contributed by atoms with Crippen LogP contribution in [-0.4, -0.2) is 30.1 Å². The lowest BCUT2D eigenvalue weighted by atomic mass is 10.2. The second-order valence-electron chi connectivity index (χ2n) is 5.33. The zero-order valence-corrected chi connectivity index (χ0v) is 14.0. The van der Waals surface area contributed by atoms with E-state index in [0.29, 0.717) is 17.5 Å². The van der Waals surface area contributed by atoms with Gasteiger partial charge in [-0.2, -0.15) is 0 Å². The van der Waals surface area contributed by atoms with Gasteiger partial charge in [0, 0.05) is 16.6 Å². The molecule has 0 aromatic heterocycles. The highest BCUT2D eigenvalue weighted by molar-refractivity contribution is 8.00. The number of anilines is 2. The predicted molar refractivity (Wildman–Crippen MR) is 91.1 cm³/mol. The van der Waals surface area contributed by atoms with Crippen molar-refractivity contribution >= 4 is 40.9 Å². The highest BCUT2D eigenvalue weighted by Crippen LogP contribution is 2.32. The summed E-state index contributed by atoms with van der Waals surface area (Å²) in [5, 5.41) is 4.88. The number of carbonyl (C=O) groups excluding carboxylic acids is 3. The Kier molecular flexibility index (Phi) is 5.17. The molecule has 1 aliphatic rings. The van der Waals surface area contributed by atoms with Crippen LogP contribution in [0.4, 0.5) is 20.2 Å². The molecule has 0 spiro atoms. The first-order valence-corrected chi connectivity index (χ1v) is 8.39. The Morgan fingerprint density at radius 3 is 2.62 bits per heavy atom. The fraction of sp³-hybridized carbons (Fsp3) is 0.118. The highest BCUT2D eigenvalue weighted by Gasteiger charge is 2.18. The smallest absolute Gasteiger partial charge is 0.338 e. The number of hydrogen-bond acceptors (Lipinski definition) is 5. The van der Waals surface area contributed by atoms with E-state index in [1.807, 2.05) is 0 Å². The third-order valence-electron chi connectivity index (χ3n) is 3.33. The molecule has 0 saturated carbocycles. The maximum atomic E-state index is 13.1. The van der Waals surface area contributed by atoms with Gasteiger partial charge in [-0.15, -0.1) is 11.8 Å². The molecule has 9 heteroatoms. The fourth-order valence-corrected chi connectivity index (χ4v) is 3.04. The average Bonchev–Trinajstić information content (AvgIpc) is 2.58. The number of nitrogens with one attached hydrogen (secondary N) is 2. The Balaban J connectivity index is 1.59. The number of rotatable bonds is 4. The second-order valence-corrected chi connectivity index (χ2v) is 6.35. The monoisotopic (exact) mass is 378 g/mol. The van der Waals surface area contributed by atoms with E-state index in [0.717, 1.165) is 17.0 Å². The number of carbonyl (C=O) groups is 3. The van der Waals surface area contributed by atoms with Gasteiger partial charge in [-0.1, -0.05) is 0 Å². The molecule has 0 bridgehead atoms. The van der Waals surface area contributed by atoms with Crippen LogP contribution in [0.25, 0.3) is 0 Å². The third kappa shape index (κ3) is 4.37. The number of ether oxygens (including phenoxy) is 1. The number of esters is 1. The molecule has 0 radical (unpaired) electrons. The summed E-state index contributed by atoms with van der Waals surface area (Å²) in [5.74, 6) is -3.06. The first-order chi connectivity index (χ1) is 12.4. The van der Waals surface area contributed by atoms with Crippen molar-refractivity contribution in [3.63, 3.8) is 0 Å². The summed E-state index contributed by atoms with van der Waals surface area (Å²) in [4.78, 5) is 36.0. The summed E-state index contributed by atoms with van der Waals surface area (Å²) < 4.78 is 31.0. The summed E-state index contributed by atoms with van der Waals surface area (Å²) in [7, 11) is 0. The van der Waals surface area contributed by atoms with Crippen molar-refractivity contribution < 1.29 is 27.9 Å². The Bertz CT molecular complexity index is 884. The van der Waals surface area contributed by atoms with E-state index in [1.165, 1.54) is 23.9 Å². The summed E-state index contributed by atoms with van der Waals surface area (Å²) >= 11 is 1.35. The molecule has 2 amide bonds. The van der Waals surface area contributed by atoms with Crippen molar-refractivity contribution in [2.45, 2.75) is 4.90 Å². The molecule has 3 rings (SSSR count). The standard InChI is InChI=1S/C17H12F2N2O4S/c18-10-4-11(19)6-12(5-10)20-15(22)7-25-17(24)9-1-2-14-13(3-9)21-16(23)8-26-14/h1-6H,7-8H2,(H,20,22)(H,21,23). The van der Waals surface area contributed by atoms with Crippen molar-refractivity contribution in [1.82, 2.24) is 0 Å². The molecule has 0 aliphatic carbocycles. The summed E-state index contributed by atoms with van der Waals surface area (Å²) in [6, 6.07) is 7.20. The largest absolute Gasteiger partial charge is 0.452 e. The van der Waals surface area contributed by atoms with Crippen LogP contribution in [0, 0.1) is 11.6 Å². The zero-order valence-electron chi connectivity index (χ0n) is 13.2. The van der Waals surface area contributed by atoms with Crippen LogP contribution < -0.4 is 10.6 Å². The molecular formula is C17H12F2N2O4S. The second kappa shape index (κ2) is 7.52. The van der Waals surface area contributed by atoms with Gasteiger partial charge in [0.25, 0.3) is 5.91 Å². The van der Waals surface area contributed by atoms with E-state index in [4.69, 9.17) is 4.74 Å². The lowest BCUT2D eigenvalue weighted by Crippen LogP contribution is -2.22. The molecule has 134 valence electrons. The van der Waals surface area contributed by atoms with Crippen molar-refractivity contribution in [2.75, 3.05) is 23.0 Å². The Morgan fingerprint density at radius 2 is 1.88 bits per heavy atom. The zero-order chi connectivity index (χ0) is 18.7. The fourth-order valence-electron chi connectivity index (χ4n) is 2.25. The van der Waals surface area contributed by atoms with E-state index in [2.05, 4.69) is 10.6 Å². The predicted octanol–water partition coefficient (Wildman–Crippen LogP) is 2.80. The van der Waals surface area contributed by atoms with Gasteiger partial charge in [-0.25, -0.2) is 13.6 Å². The molecule has 26 heavy (non-hydrogen) atoms. The molecule has 0 fully saturated rings. The van der Waals surface area contributed by atoms with Gasteiger partial charge in [0.2, 0.25) is 5.91 Å². The number of fused-ring (bicyclic) bond motifs is 1. The third-order valence-corrected chi connectivity index (χ3v) is 4.40. The maximum Gasteiger partial charge on any atom is 0.338 e. The minimum Gasteiger partial charge on any atom is -0.452 e. The van der Waals surface area contributed by atoms with Gasteiger partial charge in [-0.05, 0) is 30.3 Å². The Labute approximate surface area is 150 Å². The van der Waals surface area contributed by atoms with Crippen LogP contribution in [0.2, 0.25) is 0 Å². The Hall–Kier alpha value is -2.94. The van der Waals surface area contributed by atoms with Crippen LogP contribution in [0.3, 0.4) is 0 Å². The molecule has 2 N–H and O–H groups in total. The number of benzene rings is 2. The maximum absolute atomic E-state index is 13.1. The lowest BCUT2D eigenvalue weighted by molar-refractivity contribution is -0.119. The van der Waals surface area contributed by atoms with Crippen LogP contribution in [0.5, 0.6) is 0 Å². The van der Waals surface area contributed by atoms with Crippen LogP contribution in [-0.2, 0) is 14.3 Å². The Morgan fingerprint density at radius 1 is 1.15 bits per heavy atom. The van der Waals surface area contributed by atoms with E-state index >= 15 is 0 Å². The average molecular weight is 378 g/mol. The van der Waals surface area contributed by atoms with Crippen LogP contribution >= 0.6 is 11.8 Å². The summed E-state index contributed by atoms with van der Waals surface area (Å²) in [5.41, 5.74) is 0.577. The van der Waals surface area contributed by atoms with Crippen LogP contribution in [0.1, 0.15) is 10.4 Å². The first kappa shape index (κ1) is 17.9. The number of thioether (sulfide) groups is 1.